The average molecular weight is 965 g/mol. The molecule has 0 aliphatic rings. The Kier molecular flexibility index (Phi) is 10.2. The highest BCUT2D eigenvalue weighted by atomic mass is 15.0. The van der Waals surface area contributed by atoms with Crippen LogP contribution in [0.15, 0.2) is 291 Å². The van der Waals surface area contributed by atoms with Gasteiger partial charge in [-0.2, -0.15) is 0 Å². The molecule has 0 radical (unpaired) electrons. The highest BCUT2D eigenvalue weighted by Gasteiger charge is 2.20. The van der Waals surface area contributed by atoms with Crippen LogP contribution >= 0.6 is 0 Å². The van der Waals surface area contributed by atoms with Gasteiger partial charge in [-0.05, 0) is 159 Å². The fourth-order valence-corrected chi connectivity index (χ4v) is 12.0. The first-order valence-electron chi connectivity index (χ1n) is 26.2. The highest BCUT2D eigenvalue weighted by Crippen LogP contribution is 2.43. The zero-order valence-corrected chi connectivity index (χ0v) is 41.6. The minimum Gasteiger partial charge on any atom is -0.309 e. The maximum Gasteiger partial charge on any atom is 0.0542 e. The predicted octanol–water partition coefficient (Wildman–Crippen LogP) is 20.2. The molecule has 0 amide bonds. The Morgan fingerprint density at radius 1 is 0.184 bits per heavy atom. The minimum absolute atomic E-state index is 1.11. The molecule has 2 nitrogen and oxygen atoms in total. The monoisotopic (exact) mass is 964 g/mol. The van der Waals surface area contributed by atoms with E-state index in [9.17, 15) is 0 Å². The third-order valence-corrected chi connectivity index (χ3v) is 15.7. The van der Waals surface area contributed by atoms with Crippen LogP contribution in [-0.4, -0.2) is 9.13 Å². The Balaban J connectivity index is 0.924. The quantitative estimate of drug-likeness (QED) is 0.134. The molecule has 354 valence electrons. The van der Waals surface area contributed by atoms with Crippen molar-refractivity contribution in [2.24, 2.45) is 0 Å². The maximum absolute atomic E-state index is 2.46. The van der Waals surface area contributed by atoms with E-state index in [-0.39, 0.29) is 0 Å². The molecule has 13 aromatic carbocycles. The van der Waals surface area contributed by atoms with E-state index in [1.54, 1.807) is 0 Å². The molecule has 0 saturated carbocycles. The maximum atomic E-state index is 2.46. The van der Waals surface area contributed by atoms with Crippen LogP contribution in [-0.2, 0) is 0 Å². The van der Waals surface area contributed by atoms with Crippen molar-refractivity contribution in [3.05, 3.63) is 291 Å². The van der Waals surface area contributed by atoms with E-state index >= 15 is 0 Å². The minimum atomic E-state index is 1.11. The highest BCUT2D eigenvalue weighted by molar-refractivity contribution is 6.14. The summed E-state index contributed by atoms with van der Waals surface area (Å²) in [6.45, 7) is 0. The van der Waals surface area contributed by atoms with Gasteiger partial charge in [0.1, 0.15) is 0 Å². The van der Waals surface area contributed by atoms with Crippen LogP contribution < -0.4 is 0 Å². The van der Waals surface area contributed by atoms with Gasteiger partial charge in [-0.25, -0.2) is 0 Å². The van der Waals surface area contributed by atoms with Gasteiger partial charge in [-0.1, -0.05) is 231 Å². The molecule has 15 rings (SSSR count). The van der Waals surface area contributed by atoms with E-state index in [4.69, 9.17) is 0 Å². The molecule has 0 atom stereocenters. The van der Waals surface area contributed by atoms with E-state index in [1.165, 1.54) is 98.4 Å². The van der Waals surface area contributed by atoms with Gasteiger partial charge in [-0.3, -0.25) is 0 Å². The molecule has 2 aromatic heterocycles. The second kappa shape index (κ2) is 17.9. The molecule has 0 bridgehead atoms. The van der Waals surface area contributed by atoms with Gasteiger partial charge in [0.15, 0.2) is 0 Å². The zero-order valence-electron chi connectivity index (χ0n) is 41.6. The first-order valence-corrected chi connectivity index (χ1v) is 26.2. The van der Waals surface area contributed by atoms with Crippen LogP contribution in [0.1, 0.15) is 0 Å². The molecule has 0 aliphatic heterocycles. The van der Waals surface area contributed by atoms with Crippen molar-refractivity contribution < 1.29 is 0 Å². The largest absolute Gasteiger partial charge is 0.309 e. The number of hydrogen-bond acceptors (Lipinski definition) is 0. The molecule has 0 spiro atoms. The lowest BCUT2D eigenvalue weighted by molar-refractivity contribution is 1.13. The molecule has 2 heterocycles. The lowest BCUT2D eigenvalue weighted by atomic mass is 9.92. The van der Waals surface area contributed by atoms with E-state index in [2.05, 4.69) is 300 Å². The predicted molar refractivity (Wildman–Crippen MR) is 323 cm³/mol. The lowest BCUT2D eigenvalue weighted by Gasteiger charge is -2.16. The fraction of sp³-hybridized carbons (Fsp3) is 0. The van der Waals surface area contributed by atoms with E-state index in [0.29, 0.717) is 0 Å². The summed E-state index contributed by atoms with van der Waals surface area (Å²) in [5, 5.41) is 12.4. The number of nitrogens with zero attached hydrogens (tertiary/aromatic N) is 2. The molecule has 0 saturated heterocycles. The van der Waals surface area contributed by atoms with Gasteiger partial charge in [-0.15, -0.1) is 0 Å². The zero-order chi connectivity index (χ0) is 50.1. The van der Waals surface area contributed by atoms with Crippen LogP contribution in [0.5, 0.6) is 0 Å². The summed E-state index contributed by atoms with van der Waals surface area (Å²) in [5.41, 5.74) is 18.8. The number of rotatable bonds is 8. The summed E-state index contributed by atoms with van der Waals surface area (Å²) in [6, 6.07) is 107. The van der Waals surface area contributed by atoms with Gasteiger partial charge in [0.2, 0.25) is 0 Å². The van der Waals surface area contributed by atoms with E-state index in [1.807, 2.05) is 0 Å². The number of aromatic nitrogens is 2. The molecule has 0 fully saturated rings. The van der Waals surface area contributed by atoms with Crippen LogP contribution in [0.3, 0.4) is 0 Å². The summed E-state index contributed by atoms with van der Waals surface area (Å²) < 4.78 is 4.93. The Morgan fingerprint density at radius 2 is 0.461 bits per heavy atom. The van der Waals surface area contributed by atoms with Crippen molar-refractivity contribution in [2.45, 2.75) is 0 Å². The van der Waals surface area contributed by atoms with Crippen molar-refractivity contribution in [2.75, 3.05) is 0 Å². The number of benzene rings is 13. The Labute approximate surface area is 441 Å². The Bertz CT molecular complexity index is 4270. The van der Waals surface area contributed by atoms with Gasteiger partial charge in [0.25, 0.3) is 0 Å². The number of fused-ring (bicyclic) bond motifs is 6. The standard InChI is InChI=1S/C74H48N2/c1-3-15-49(16-4-1)51-27-31-53(32-28-51)69-45-61-47-72-62(48-71(61)75(69)63-39-35-55(36-40-63)73-65-23-11-7-19-57(65)43-58-20-8-12-24-66(58)73)46-70(54-33-29-52(30-34-54)50-17-5-2-6-18-50)76(72)64-41-37-56(38-42-64)74-67-25-13-9-21-59(67)44-60-22-10-14-26-68(60)74/h1-48H. The molecular formula is C74H48N2. The third-order valence-electron chi connectivity index (χ3n) is 15.7. The number of hydrogen-bond donors (Lipinski definition) is 0. The Hall–Kier alpha value is -10.0. The van der Waals surface area contributed by atoms with Gasteiger partial charge < -0.3 is 9.13 Å². The van der Waals surface area contributed by atoms with Crippen LogP contribution in [0.2, 0.25) is 0 Å². The van der Waals surface area contributed by atoms with Crippen LogP contribution in [0.4, 0.5) is 0 Å². The topological polar surface area (TPSA) is 9.86 Å². The Morgan fingerprint density at radius 3 is 0.803 bits per heavy atom. The first-order chi connectivity index (χ1) is 37.7. The average Bonchev–Trinajstić information content (AvgIpc) is 4.12. The second-order valence-electron chi connectivity index (χ2n) is 20.1. The summed E-state index contributed by atoms with van der Waals surface area (Å²) in [6.07, 6.45) is 0. The van der Waals surface area contributed by atoms with Gasteiger partial charge in [0, 0.05) is 22.1 Å². The summed E-state index contributed by atoms with van der Waals surface area (Å²) in [5.74, 6) is 0. The fourth-order valence-electron chi connectivity index (χ4n) is 12.0. The SMILES string of the molecule is c1ccc(-c2ccc(-c3cc4cc5c(cc(-c6ccc(-c7ccccc7)cc6)n5-c5ccc(-c6c7ccccc7cc7ccccc67)cc5)cc4n3-c3ccc(-c4c5ccccc5cc5ccccc45)cc3)cc2)cc1. The molecular weight excluding hydrogens is 917 g/mol. The smallest absolute Gasteiger partial charge is 0.0542 e. The van der Waals surface area contributed by atoms with Gasteiger partial charge in [0.05, 0.1) is 22.4 Å². The van der Waals surface area contributed by atoms with Gasteiger partial charge >= 0.3 is 0 Å². The van der Waals surface area contributed by atoms with Crippen molar-refractivity contribution in [3.63, 3.8) is 0 Å². The summed E-state index contributed by atoms with van der Waals surface area (Å²) in [7, 11) is 0. The molecule has 0 N–H and O–H groups in total. The first kappa shape index (κ1) is 43.6. The second-order valence-corrected chi connectivity index (χ2v) is 20.1. The lowest BCUT2D eigenvalue weighted by Crippen LogP contribution is -1.98. The van der Waals surface area contributed by atoms with Crippen LogP contribution in [0, 0.1) is 0 Å². The molecule has 2 heteroatoms. The third kappa shape index (κ3) is 7.34. The molecule has 76 heavy (non-hydrogen) atoms. The normalized spacial score (nSPS) is 11.7. The van der Waals surface area contributed by atoms with Crippen molar-refractivity contribution in [1.82, 2.24) is 9.13 Å². The molecule has 15 aromatic rings. The summed E-state index contributed by atoms with van der Waals surface area (Å²) in [4.78, 5) is 0. The van der Waals surface area contributed by atoms with Crippen LogP contribution in [0.25, 0.3) is 143 Å². The summed E-state index contributed by atoms with van der Waals surface area (Å²) >= 11 is 0. The van der Waals surface area contributed by atoms with E-state index < -0.39 is 0 Å². The van der Waals surface area contributed by atoms with E-state index in [0.717, 1.165) is 44.9 Å². The molecule has 0 unspecified atom stereocenters. The van der Waals surface area contributed by atoms with Crippen molar-refractivity contribution in [3.8, 4) is 78.4 Å². The van der Waals surface area contributed by atoms with Crippen molar-refractivity contribution in [1.29, 1.82) is 0 Å². The molecule has 0 aliphatic carbocycles. The van der Waals surface area contributed by atoms with Crippen molar-refractivity contribution >= 4 is 64.9 Å².